The third-order valence-electron chi connectivity index (χ3n) is 5.48. The van der Waals surface area contributed by atoms with Crippen molar-refractivity contribution in [3.8, 4) is 0 Å². The lowest BCUT2D eigenvalue weighted by Gasteiger charge is -2.39. The molecule has 0 aromatic rings. The predicted molar refractivity (Wildman–Crippen MR) is 92.6 cm³/mol. The van der Waals surface area contributed by atoms with Crippen LogP contribution in [0.5, 0.6) is 0 Å². The van der Waals surface area contributed by atoms with E-state index in [9.17, 15) is 0 Å². The third kappa shape index (κ3) is 6.83. The van der Waals surface area contributed by atoms with Crippen LogP contribution in [0, 0.1) is 11.3 Å². The zero-order valence-corrected chi connectivity index (χ0v) is 14.8. The molecule has 1 saturated carbocycles. The minimum absolute atomic E-state index is 0.509. The summed E-state index contributed by atoms with van der Waals surface area (Å²) < 4.78 is 0. The van der Waals surface area contributed by atoms with Gasteiger partial charge in [0.15, 0.2) is 0 Å². The van der Waals surface area contributed by atoms with Crippen LogP contribution >= 0.6 is 11.6 Å². The standard InChI is InChI=1S/C19H37Cl/c1-3-5-7-8-9-10-14-19(17-20)15-12-18(13-16-19)11-6-4-2/h18H,3-17H2,1-2H3. The quantitative estimate of drug-likeness (QED) is 0.276. The molecule has 0 heterocycles. The molecule has 1 fully saturated rings. The first kappa shape index (κ1) is 18.3. The maximum atomic E-state index is 6.35. The van der Waals surface area contributed by atoms with Gasteiger partial charge in [-0.3, -0.25) is 0 Å². The maximum absolute atomic E-state index is 6.35. The minimum atomic E-state index is 0.509. The molecule has 0 N–H and O–H groups in total. The van der Waals surface area contributed by atoms with Crippen molar-refractivity contribution in [2.45, 2.75) is 104 Å². The molecule has 0 spiro atoms. The van der Waals surface area contributed by atoms with Crippen molar-refractivity contribution in [3.05, 3.63) is 0 Å². The number of hydrogen-bond donors (Lipinski definition) is 0. The normalized spacial score (nSPS) is 26.9. The van der Waals surface area contributed by atoms with Crippen molar-refractivity contribution in [1.82, 2.24) is 0 Å². The highest BCUT2D eigenvalue weighted by molar-refractivity contribution is 6.18. The lowest BCUT2D eigenvalue weighted by molar-refractivity contribution is 0.150. The van der Waals surface area contributed by atoms with Crippen molar-refractivity contribution in [2.24, 2.45) is 11.3 Å². The Morgan fingerprint density at radius 3 is 2.05 bits per heavy atom. The largest absolute Gasteiger partial charge is 0.126 e. The molecule has 1 rings (SSSR count). The van der Waals surface area contributed by atoms with E-state index in [1.54, 1.807) is 0 Å². The Bertz CT molecular complexity index is 216. The van der Waals surface area contributed by atoms with Gasteiger partial charge in [0.2, 0.25) is 0 Å². The van der Waals surface area contributed by atoms with Crippen LogP contribution in [0.2, 0.25) is 0 Å². The molecular formula is C19H37Cl. The van der Waals surface area contributed by atoms with Crippen LogP contribution in [0.3, 0.4) is 0 Å². The fourth-order valence-corrected chi connectivity index (χ4v) is 4.20. The van der Waals surface area contributed by atoms with E-state index in [4.69, 9.17) is 11.6 Å². The highest BCUT2D eigenvalue weighted by Gasteiger charge is 2.33. The summed E-state index contributed by atoms with van der Waals surface area (Å²) in [6.07, 6.45) is 19.8. The predicted octanol–water partition coefficient (Wildman–Crippen LogP) is 7.34. The van der Waals surface area contributed by atoms with Crippen LogP contribution in [-0.4, -0.2) is 5.88 Å². The molecule has 0 aliphatic heterocycles. The fraction of sp³-hybridized carbons (Fsp3) is 1.00. The van der Waals surface area contributed by atoms with Crippen molar-refractivity contribution < 1.29 is 0 Å². The number of rotatable bonds is 11. The third-order valence-corrected chi connectivity index (χ3v) is 6.04. The summed E-state index contributed by atoms with van der Waals surface area (Å²) in [6.45, 7) is 4.60. The van der Waals surface area contributed by atoms with Gasteiger partial charge in [0.1, 0.15) is 0 Å². The van der Waals surface area contributed by atoms with E-state index in [0.29, 0.717) is 5.41 Å². The number of unbranched alkanes of at least 4 members (excludes halogenated alkanes) is 6. The fourth-order valence-electron chi connectivity index (χ4n) is 3.80. The smallest absolute Gasteiger partial charge is 0.0280 e. The van der Waals surface area contributed by atoms with Crippen LogP contribution in [0.25, 0.3) is 0 Å². The number of halogens is 1. The maximum Gasteiger partial charge on any atom is 0.0280 e. The summed E-state index contributed by atoms with van der Waals surface area (Å²) in [6, 6.07) is 0. The molecule has 120 valence electrons. The van der Waals surface area contributed by atoms with E-state index in [0.717, 1.165) is 11.8 Å². The van der Waals surface area contributed by atoms with Crippen molar-refractivity contribution in [3.63, 3.8) is 0 Å². The van der Waals surface area contributed by atoms with E-state index < -0.39 is 0 Å². The second kappa shape index (κ2) is 10.9. The van der Waals surface area contributed by atoms with Crippen molar-refractivity contribution >= 4 is 11.6 Å². The molecule has 20 heavy (non-hydrogen) atoms. The molecule has 0 bridgehead atoms. The molecule has 1 heteroatoms. The van der Waals surface area contributed by atoms with E-state index >= 15 is 0 Å². The molecule has 1 aliphatic rings. The SMILES string of the molecule is CCCCCCCCC1(CCl)CCC(CCCC)CC1. The first-order valence-corrected chi connectivity index (χ1v) is 9.85. The highest BCUT2D eigenvalue weighted by Crippen LogP contribution is 2.44. The molecule has 0 radical (unpaired) electrons. The summed E-state index contributed by atoms with van der Waals surface area (Å²) in [5.74, 6) is 1.92. The Morgan fingerprint density at radius 1 is 0.850 bits per heavy atom. The van der Waals surface area contributed by atoms with Gasteiger partial charge in [-0.1, -0.05) is 71.6 Å². The van der Waals surface area contributed by atoms with Gasteiger partial charge in [-0.05, 0) is 43.4 Å². The molecule has 0 atom stereocenters. The van der Waals surface area contributed by atoms with E-state index in [1.165, 1.54) is 89.9 Å². The Labute approximate surface area is 133 Å². The Balaban J connectivity index is 2.17. The van der Waals surface area contributed by atoms with Gasteiger partial charge in [-0.2, -0.15) is 0 Å². The van der Waals surface area contributed by atoms with Gasteiger partial charge in [-0.25, -0.2) is 0 Å². The monoisotopic (exact) mass is 300 g/mol. The van der Waals surface area contributed by atoms with E-state index in [-0.39, 0.29) is 0 Å². The second-order valence-corrected chi connectivity index (χ2v) is 7.50. The molecule has 1 aliphatic carbocycles. The summed E-state index contributed by atoms with van der Waals surface area (Å²) in [5, 5.41) is 0. The average molecular weight is 301 g/mol. The van der Waals surface area contributed by atoms with Crippen LogP contribution in [0.15, 0.2) is 0 Å². The van der Waals surface area contributed by atoms with Crippen LogP contribution in [0.4, 0.5) is 0 Å². The minimum Gasteiger partial charge on any atom is -0.126 e. The second-order valence-electron chi connectivity index (χ2n) is 7.24. The molecule has 0 amide bonds. The highest BCUT2D eigenvalue weighted by atomic mass is 35.5. The van der Waals surface area contributed by atoms with Gasteiger partial charge in [0.05, 0.1) is 0 Å². The summed E-state index contributed by atoms with van der Waals surface area (Å²) >= 11 is 6.35. The van der Waals surface area contributed by atoms with E-state index in [1.807, 2.05) is 0 Å². The van der Waals surface area contributed by atoms with Gasteiger partial charge in [-0.15, -0.1) is 11.6 Å². The topological polar surface area (TPSA) is 0 Å². The number of alkyl halides is 1. The average Bonchev–Trinajstić information content (AvgIpc) is 2.50. The van der Waals surface area contributed by atoms with Gasteiger partial charge >= 0.3 is 0 Å². The van der Waals surface area contributed by atoms with Crippen LogP contribution in [0.1, 0.15) is 104 Å². The Hall–Kier alpha value is 0.290. The first-order valence-electron chi connectivity index (χ1n) is 9.32. The molecule has 0 aromatic heterocycles. The summed E-state index contributed by atoms with van der Waals surface area (Å²) in [7, 11) is 0. The zero-order chi connectivity index (χ0) is 14.7. The number of hydrogen-bond acceptors (Lipinski definition) is 0. The first-order chi connectivity index (χ1) is 9.76. The Morgan fingerprint density at radius 2 is 1.45 bits per heavy atom. The van der Waals surface area contributed by atoms with Gasteiger partial charge < -0.3 is 0 Å². The molecular weight excluding hydrogens is 264 g/mol. The molecule has 0 unspecified atom stereocenters. The lowest BCUT2D eigenvalue weighted by Crippen LogP contribution is -2.29. The van der Waals surface area contributed by atoms with E-state index in [2.05, 4.69) is 13.8 Å². The van der Waals surface area contributed by atoms with Gasteiger partial charge in [0, 0.05) is 5.88 Å². The summed E-state index contributed by atoms with van der Waals surface area (Å²) in [5.41, 5.74) is 0.509. The zero-order valence-electron chi connectivity index (χ0n) is 14.1. The Kier molecular flexibility index (Phi) is 10.0. The summed E-state index contributed by atoms with van der Waals surface area (Å²) in [4.78, 5) is 0. The lowest BCUT2D eigenvalue weighted by atomic mass is 9.68. The molecule has 0 aromatic carbocycles. The van der Waals surface area contributed by atoms with Crippen LogP contribution < -0.4 is 0 Å². The van der Waals surface area contributed by atoms with Crippen LogP contribution in [-0.2, 0) is 0 Å². The van der Waals surface area contributed by atoms with Crippen molar-refractivity contribution in [2.75, 3.05) is 5.88 Å². The molecule has 0 saturated heterocycles. The van der Waals surface area contributed by atoms with Gasteiger partial charge in [0.25, 0.3) is 0 Å². The van der Waals surface area contributed by atoms with Crippen molar-refractivity contribution in [1.29, 1.82) is 0 Å². The molecule has 0 nitrogen and oxygen atoms in total.